The molecule has 67 heavy (non-hydrogen) atoms. The number of aliphatic hydroxyl groups is 4. The summed E-state index contributed by atoms with van der Waals surface area (Å²) in [4.78, 5) is 24.8. The molecule has 378 valence electrons. The number of amides is 1. The molecule has 0 unspecified atom stereocenters. The maximum absolute atomic E-state index is 14.2. The molecule has 6 N–H and O–H groups in total. The summed E-state index contributed by atoms with van der Waals surface area (Å²) in [7, 11) is 4.69. The van der Waals surface area contributed by atoms with Crippen LogP contribution >= 0.6 is 0 Å². The zero-order chi connectivity index (χ0) is 49.5. The van der Waals surface area contributed by atoms with E-state index in [1.807, 2.05) is 59.8 Å². The minimum atomic E-state index is -2.14. The van der Waals surface area contributed by atoms with E-state index in [0.717, 1.165) is 11.6 Å². The summed E-state index contributed by atoms with van der Waals surface area (Å²) in [5.41, 5.74) is 0.0829. The summed E-state index contributed by atoms with van der Waals surface area (Å²) >= 11 is 0. The molecule has 17 atom stereocenters. The molecule has 4 aliphatic rings. The zero-order valence-corrected chi connectivity index (χ0v) is 40.7. The van der Waals surface area contributed by atoms with Crippen molar-refractivity contribution in [3.63, 3.8) is 0 Å². The Morgan fingerprint density at radius 1 is 0.866 bits per heavy atom. The Morgan fingerprint density at radius 3 is 2.21 bits per heavy atom. The lowest BCUT2D eigenvalue weighted by atomic mass is 9.73. The molecular formula is C50H77NO16. The normalized spacial score (nSPS) is 36.8. The fourth-order valence-electron chi connectivity index (χ4n) is 8.94. The number of carbonyl (C=O) groups is 2. The molecule has 4 fully saturated rings. The average Bonchev–Trinajstić information content (AvgIpc) is 3.65. The third-order valence-electron chi connectivity index (χ3n) is 13.2. The van der Waals surface area contributed by atoms with E-state index < -0.39 is 103 Å². The molecule has 0 aromatic heterocycles. The Labute approximate surface area is 396 Å². The van der Waals surface area contributed by atoms with Crippen molar-refractivity contribution in [2.45, 2.75) is 166 Å². The number of carbonyl (C=O) groups excluding carboxylic acids is 1. The Kier molecular flexibility index (Phi) is 22.3. The molecule has 1 amide bonds. The Balaban J connectivity index is 1.44. The van der Waals surface area contributed by atoms with E-state index in [-0.39, 0.29) is 44.1 Å². The number of ether oxygens (including phenoxy) is 9. The number of rotatable bonds is 22. The third-order valence-corrected chi connectivity index (χ3v) is 13.2. The van der Waals surface area contributed by atoms with E-state index >= 15 is 0 Å². The number of allylic oxidation sites excluding steroid dienone is 9. The van der Waals surface area contributed by atoms with Crippen LogP contribution in [0.2, 0.25) is 0 Å². The molecule has 0 saturated carbocycles. The van der Waals surface area contributed by atoms with E-state index in [2.05, 4.69) is 5.32 Å². The van der Waals surface area contributed by atoms with Gasteiger partial charge in [-0.05, 0) is 33.3 Å². The SMILES string of the molecule is C/C=C\C=C\[C@@H]1O[C@](O)([C@@H](CO[C@H]2C[C@H](OC)[C@H](O[C@@H]3C[C@@H](OC)[C@@H](O)[C@H](C)O3)[C@H](C)O2)C(=O)NC/C=C/C=C(\C)[C@H](OC)[C@@H](C)[C@H]2C[C@@H](O)[C@H](/C=C/C=C/C=C/C(=O)O)O2)C[C@H](O)C1(C)C. The topological polar surface area (TPSA) is 230 Å². The number of hydrogen-bond acceptors (Lipinski definition) is 15. The lowest BCUT2D eigenvalue weighted by Crippen LogP contribution is -2.62. The average molecular weight is 948 g/mol. The van der Waals surface area contributed by atoms with Crippen molar-refractivity contribution in [1.82, 2.24) is 5.32 Å². The van der Waals surface area contributed by atoms with E-state index in [0.29, 0.717) is 12.8 Å². The molecule has 0 aromatic carbocycles. The molecule has 17 heteroatoms. The fourth-order valence-corrected chi connectivity index (χ4v) is 8.94. The van der Waals surface area contributed by atoms with E-state index in [9.17, 15) is 30.0 Å². The first-order chi connectivity index (χ1) is 31.8. The van der Waals surface area contributed by atoms with Gasteiger partial charge in [0.15, 0.2) is 18.4 Å². The van der Waals surface area contributed by atoms with Gasteiger partial charge in [-0.25, -0.2) is 4.79 Å². The molecule has 4 rings (SSSR count). The molecule has 4 aliphatic heterocycles. The number of methoxy groups -OCH3 is 3. The summed E-state index contributed by atoms with van der Waals surface area (Å²) < 4.78 is 54.5. The van der Waals surface area contributed by atoms with Crippen LogP contribution in [0, 0.1) is 17.3 Å². The van der Waals surface area contributed by atoms with Crippen LogP contribution in [0.25, 0.3) is 0 Å². The van der Waals surface area contributed by atoms with Gasteiger partial charge in [0, 0.05) is 71.0 Å². The van der Waals surface area contributed by atoms with Gasteiger partial charge in [-0.15, -0.1) is 0 Å². The van der Waals surface area contributed by atoms with Gasteiger partial charge >= 0.3 is 5.97 Å². The van der Waals surface area contributed by atoms with Gasteiger partial charge in [0.25, 0.3) is 0 Å². The summed E-state index contributed by atoms with van der Waals surface area (Å²) in [6.07, 6.45) is 13.7. The van der Waals surface area contributed by atoms with Gasteiger partial charge in [0.1, 0.15) is 24.2 Å². The minimum absolute atomic E-state index is 0.0814. The number of aliphatic hydroxyl groups excluding tert-OH is 3. The van der Waals surface area contributed by atoms with Crippen molar-refractivity contribution < 1.29 is 77.8 Å². The van der Waals surface area contributed by atoms with E-state index in [4.69, 9.17) is 47.7 Å². The zero-order valence-electron chi connectivity index (χ0n) is 40.7. The fraction of sp³-hybridized carbons (Fsp3) is 0.680. The quantitative estimate of drug-likeness (QED) is 0.0660. The number of carboxylic acids is 1. The molecule has 4 saturated heterocycles. The van der Waals surface area contributed by atoms with Gasteiger partial charge in [-0.3, -0.25) is 4.79 Å². The predicted molar refractivity (Wildman–Crippen MR) is 248 cm³/mol. The van der Waals surface area contributed by atoms with Gasteiger partial charge in [-0.2, -0.15) is 0 Å². The molecule has 0 aromatic rings. The minimum Gasteiger partial charge on any atom is -0.478 e. The number of nitrogens with one attached hydrogen (secondary N) is 1. The predicted octanol–water partition coefficient (Wildman–Crippen LogP) is 4.20. The van der Waals surface area contributed by atoms with Crippen molar-refractivity contribution in [3.05, 3.63) is 84.6 Å². The van der Waals surface area contributed by atoms with Crippen LogP contribution in [0.3, 0.4) is 0 Å². The second-order valence-electron chi connectivity index (χ2n) is 18.4. The molecule has 17 nitrogen and oxygen atoms in total. The van der Waals surface area contributed by atoms with Crippen LogP contribution in [0.5, 0.6) is 0 Å². The van der Waals surface area contributed by atoms with Crippen molar-refractivity contribution in [2.24, 2.45) is 17.3 Å². The van der Waals surface area contributed by atoms with Crippen LogP contribution in [0.15, 0.2) is 84.6 Å². The van der Waals surface area contributed by atoms with Crippen molar-refractivity contribution in [3.8, 4) is 0 Å². The van der Waals surface area contributed by atoms with Gasteiger partial charge in [0.05, 0.1) is 61.5 Å². The molecule has 0 spiro atoms. The number of aliphatic carboxylic acids is 1. The van der Waals surface area contributed by atoms with Gasteiger partial charge in [0.2, 0.25) is 5.91 Å². The van der Waals surface area contributed by atoms with Crippen LogP contribution in [-0.4, -0.2) is 164 Å². The van der Waals surface area contributed by atoms with Crippen LogP contribution in [0.1, 0.15) is 74.1 Å². The first-order valence-electron chi connectivity index (χ1n) is 23.2. The van der Waals surface area contributed by atoms with Crippen LogP contribution in [0.4, 0.5) is 0 Å². The van der Waals surface area contributed by atoms with E-state index in [1.165, 1.54) is 13.2 Å². The Bertz CT molecular complexity index is 1780. The number of carboxylic acid groups (broad SMARTS) is 1. The largest absolute Gasteiger partial charge is 0.478 e. The highest BCUT2D eigenvalue weighted by Gasteiger charge is 2.55. The Hall–Kier alpha value is -3.40. The molecular weight excluding hydrogens is 871 g/mol. The highest BCUT2D eigenvalue weighted by molar-refractivity contribution is 5.80. The summed E-state index contributed by atoms with van der Waals surface area (Å²) in [5.74, 6) is -5.20. The van der Waals surface area contributed by atoms with E-state index in [1.54, 1.807) is 69.8 Å². The van der Waals surface area contributed by atoms with Crippen molar-refractivity contribution in [1.29, 1.82) is 0 Å². The maximum atomic E-state index is 14.2. The Morgan fingerprint density at radius 2 is 1.54 bits per heavy atom. The molecule has 4 heterocycles. The molecule has 0 aliphatic carbocycles. The van der Waals surface area contributed by atoms with Gasteiger partial charge < -0.3 is 73.5 Å². The molecule has 0 bridgehead atoms. The lowest BCUT2D eigenvalue weighted by Gasteiger charge is -2.50. The van der Waals surface area contributed by atoms with Crippen molar-refractivity contribution in [2.75, 3.05) is 34.5 Å². The lowest BCUT2D eigenvalue weighted by molar-refractivity contribution is -0.332. The standard InChI is InChI=1S/C50H77NO16/c1-11-12-15-22-41-49(6,7)40(53)28-50(58,67-41)34(29-62-43-27-39(60-9)47(33(5)64-43)66-44-26-38(59-8)45(56)32(4)63-44)48(57)51-24-19-18-20-30(2)46(61-10)31(3)37-25-35(52)36(65-37)21-16-13-14-17-23-42(54)55/h11-23,31-41,43-47,52-53,56,58H,24-29H2,1-10H3,(H,51,57)(H,54,55)/b12-11-,14-13+,19-18+,21-16+,22-15+,23-17+,30-20+/t31-,32-,33-,34-,35+,36-,37+,38+,39-,40-,41-,43+,44+,45-,46-,47+,50-/m0/s1. The first-order valence-corrected chi connectivity index (χ1v) is 23.2. The monoisotopic (exact) mass is 948 g/mol. The highest BCUT2D eigenvalue weighted by atomic mass is 16.7. The smallest absolute Gasteiger partial charge is 0.328 e. The summed E-state index contributed by atoms with van der Waals surface area (Å²) in [6.45, 7) is 12.8. The van der Waals surface area contributed by atoms with Crippen LogP contribution in [-0.2, 0) is 52.2 Å². The summed E-state index contributed by atoms with van der Waals surface area (Å²) in [6, 6.07) is 0. The second kappa shape index (κ2) is 26.5. The van der Waals surface area contributed by atoms with Crippen LogP contribution < -0.4 is 5.32 Å². The maximum Gasteiger partial charge on any atom is 0.328 e. The second-order valence-corrected chi connectivity index (χ2v) is 18.4. The summed E-state index contributed by atoms with van der Waals surface area (Å²) in [5, 5.41) is 56.4. The number of hydrogen-bond donors (Lipinski definition) is 6. The molecule has 0 radical (unpaired) electrons. The first kappa shape index (κ1) is 56.2. The highest BCUT2D eigenvalue weighted by Crippen LogP contribution is 2.44. The third kappa shape index (κ3) is 15.5. The van der Waals surface area contributed by atoms with Crippen molar-refractivity contribution >= 4 is 11.9 Å². The van der Waals surface area contributed by atoms with Gasteiger partial charge in [-0.1, -0.05) is 93.7 Å².